The van der Waals surface area contributed by atoms with Crippen LogP contribution in [0.15, 0.2) is 19.6 Å². The first-order chi connectivity index (χ1) is 10.3. The van der Waals surface area contributed by atoms with Crippen molar-refractivity contribution in [3.63, 3.8) is 0 Å². The number of fused-ring (bicyclic) bond motifs is 2. The molecule has 0 N–H and O–H groups in total. The third-order valence-electron chi connectivity index (χ3n) is 3.42. The van der Waals surface area contributed by atoms with Gasteiger partial charge in [0.05, 0.1) is 30.1 Å². The van der Waals surface area contributed by atoms with Crippen molar-refractivity contribution in [3.8, 4) is 0 Å². The van der Waals surface area contributed by atoms with Gasteiger partial charge >= 0.3 is 0 Å². The number of hydrogen-bond donors (Lipinski definition) is 0. The topological polar surface area (TPSA) is 0 Å². The zero-order chi connectivity index (χ0) is 16.3. The fourth-order valence-electron chi connectivity index (χ4n) is 2.06. The molecule has 0 nitrogen and oxygen atoms in total. The Kier molecular flexibility index (Phi) is 5.08. The summed E-state index contributed by atoms with van der Waals surface area (Å²) in [6, 6.07) is 0. The van der Waals surface area contributed by atoms with Gasteiger partial charge < -0.3 is 0 Å². The largest absolute Gasteiger partial charge is 0.0857 e. The van der Waals surface area contributed by atoms with Crippen LogP contribution in [0.25, 0.3) is 0 Å². The van der Waals surface area contributed by atoms with E-state index < -0.39 is 0 Å². The minimum Gasteiger partial charge on any atom is -0.0857 e. The van der Waals surface area contributed by atoms with Crippen LogP contribution < -0.4 is 0 Å². The van der Waals surface area contributed by atoms with Gasteiger partial charge in [0.2, 0.25) is 0 Å². The molecule has 0 radical (unpaired) electrons. The predicted octanol–water partition coefficient (Wildman–Crippen LogP) is 8.84. The van der Waals surface area contributed by atoms with Gasteiger partial charge in [-0.25, -0.2) is 0 Å². The Morgan fingerprint density at radius 1 is 0.455 bits per heavy atom. The summed E-state index contributed by atoms with van der Waals surface area (Å²) in [6.07, 6.45) is 0. The van der Waals surface area contributed by atoms with Crippen LogP contribution in [0.2, 0.25) is 30.1 Å². The second-order valence-electron chi connectivity index (χ2n) is 4.65. The summed E-state index contributed by atoms with van der Waals surface area (Å²) >= 11 is 40.6. The fraction of sp³-hybridized carbons (Fsp3) is 0.143. The van der Waals surface area contributed by atoms with Crippen LogP contribution in [0.5, 0.6) is 0 Å². The molecule has 0 fully saturated rings. The highest BCUT2D eigenvalue weighted by Crippen LogP contribution is 2.60. The molecule has 2 aromatic carbocycles. The van der Waals surface area contributed by atoms with Crippen molar-refractivity contribution in [1.29, 1.82) is 0 Å². The Hall–Kier alpha value is 0.880. The summed E-state index contributed by atoms with van der Waals surface area (Å²) in [5.41, 5.74) is 2.01. The second kappa shape index (κ2) is 6.31. The zero-order valence-corrected chi connectivity index (χ0v) is 17.3. The number of hydrogen-bond acceptors (Lipinski definition) is 2. The molecule has 0 unspecified atom stereocenters. The average Bonchev–Trinajstić information content (AvgIpc) is 2.52. The van der Waals surface area contributed by atoms with E-state index in [1.807, 2.05) is 13.8 Å². The van der Waals surface area contributed by atoms with E-state index in [1.165, 1.54) is 23.5 Å². The van der Waals surface area contributed by atoms with Crippen LogP contribution in [0.4, 0.5) is 0 Å². The van der Waals surface area contributed by atoms with Gasteiger partial charge in [-0.1, -0.05) is 93.1 Å². The Balaban J connectivity index is 2.32. The maximum absolute atomic E-state index is 6.42. The van der Waals surface area contributed by atoms with Crippen molar-refractivity contribution < 1.29 is 0 Å². The van der Waals surface area contributed by atoms with Gasteiger partial charge in [-0.05, 0) is 25.0 Å². The molecule has 0 amide bonds. The Labute approximate surface area is 166 Å². The second-order valence-corrected chi connectivity index (χ2v) is 8.96. The molecule has 116 valence electrons. The van der Waals surface area contributed by atoms with Crippen LogP contribution in [-0.2, 0) is 0 Å². The van der Waals surface area contributed by atoms with Crippen LogP contribution in [0, 0.1) is 13.8 Å². The van der Waals surface area contributed by atoms with E-state index in [0.29, 0.717) is 20.1 Å². The molecule has 0 bridgehead atoms. The molecule has 0 aliphatic carbocycles. The smallest absolute Gasteiger partial charge is 0.0806 e. The highest BCUT2D eigenvalue weighted by molar-refractivity contribution is 8.05. The van der Waals surface area contributed by atoms with Crippen molar-refractivity contribution >= 4 is 93.1 Å². The molecule has 0 atom stereocenters. The van der Waals surface area contributed by atoms with E-state index in [0.717, 1.165) is 30.7 Å². The van der Waals surface area contributed by atoms with Crippen LogP contribution >= 0.6 is 93.1 Å². The van der Waals surface area contributed by atoms with E-state index in [-0.39, 0.29) is 10.0 Å². The lowest BCUT2D eigenvalue weighted by Gasteiger charge is -2.25. The zero-order valence-electron chi connectivity index (χ0n) is 11.1. The lowest BCUT2D eigenvalue weighted by Crippen LogP contribution is -1.99. The summed E-state index contributed by atoms with van der Waals surface area (Å²) in [6.45, 7) is 3.94. The molecule has 8 heteroatoms. The SMILES string of the molecule is Cc1c(C)c2c(c(Cl)c1Cl)Sc1c(Cl)c(Cl)c(Cl)c(Cl)c1S2. The van der Waals surface area contributed by atoms with Crippen LogP contribution in [0.3, 0.4) is 0 Å². The molecule has 2 aromatic rings. The standard InChI is InChI=1S/C14H6Cl6S2/c1-3-4(2)11-12(8(18)5(3)15)22-14-10(20)7(17)6(16)9(19)13(14)21-11/h1-2H3. The summed E-state index contributed by atoms with van der Waals surface area (Å²) in [5, 5.41) is 2.35. The summed E-state index contributed by atoms with van der Waals surface area (Å²) < 4.78 is 0. The molecule has 1 aliphatic heterocycles. The maximum atomic E-state index is 6.42. The highest BCUT2D eigenvalue weighted by atomic mass is 35.5. The van der Waals surface area contributed by atoms with E-state index >= 15 is 0 Å². The molecular weight excluding hydrogens is 445 g/mol. The summed E-state index contributed by atoms with van der Waals surface area (Å²) in [7, 11) is 0. The monoisotopic (exact) mass is 448 g/mol. The van der Waals surface area contributed by atoms with Crippen LogP contribution in [-0.4, -0.2) is 0 Å². The first kappa shape index (κ1) is 17.7. The lowest BCUT2D eigenvalue weighted by molar-refractivity contribution is 1.09. The molecule has 0 spiro atoms. The number of rotatable bonds is 0. The van der Waals surface area contributed by atoms with E-state index in [1.54, 1.807) is 0 Å². The van der Waals surface area contributed by atoms with Crippen molar-refractivity contribution in [2.75, 3.05) is 0 Å². The predicted molar refractivity (Wildman–Crippen MR) is 101 cm³/mol. The molecule has 22 heavy (non-hydrogen) atoms. The minimum absolute atomic E-state index is 0.245. The van der Waals surface area contributed by atoms with Crippen molar-refractivity contribution in [2.45, 2.75) is 33.4 Å². The van der Waals surface area contributed by atoms with Gasteiger partial charge in [0.25, 0.3) is 0 Å². The van der Waals surface area contributed by atoms with Gasteiger partial charge in [0, 0.05) is 19.6 Å². The van der Waals surface area contributed by atoms with Crippen LogP contribution in [0.1, 0.15) is 11.1 Å². The van der Waals surface area contributed by atoms with Gasteiger partial charge in [0.15, 0.2) is 0 Å². The van der Waals surface area contributed by atoms with E-state index in [9.17, 15) is 0 Å². The fourth-order valence-corrected chi connectivity index (χ4v) is 6.69. The molecular formula is C14H6Cl6S2. The van der Waals surface area contributed by atoms with Gasteiger partial charge in [-0.2, -0.15) is 0 Å². The summed E-state index contributed by atoms with van der Waals surface area (Å²) in [4.78, 5) is 3.42. The van der Waals surface area contributed by atoms with E-state index in [4.69, 9.17) is 69.6 Å². The third kappa shape index (κ3) is 2.55. The quantitative estimate of drug-likeness (QED) is 0.248. The molecule has 0 saturated heterocycles. The van der Waals surface area contributed by atoms with E-state index in [2.05, 4.69) is 0 Å². The third-order valence-corrected chi connectivity index (χ3v) is 9.32. The van der Waals surface area contributed by atoms with Crippen molar-refractivity contribution in [1.82, 2.24) is 0 Å². The first-order valence-electron chi connectivity index (χ1n) is 5.95. The molecule has 3 rings (SSSR count). The Bertz CT molecular complexity index is 696. The number of benzene rings is 2. The summed E-state index contributed by atoms with van der Waals surface area (Å²) in [5.74, 6) is 0. The molecule has 0 saturated carbocycles. The molecule has 1 heterocycles. The maximum Gasteiger partial charge on any atom is 0.0806 e. The van der Waals surface area contributed by atoms with Gasteiger partial charge in [-0.15, -0.1) is 0 Å². The lowest BCUT2D eigenvalue weighted by atomic mass is 10.1. The van der Waals surface area contributed by atoms with Gasteiger partial charge in [0.1, 0.15) is 0 Å². The normalized spacial score (nSPS) is 13.1. The number of halogens is 6. The molecule has 0 aromatic heterocycles. The Morgan fingerprint density at radius 3 is 1.32 bits per heavy atom. The van der Waals surface area contributed by atoms with Crippen molar-refractivity contribution in [3.05, 3.63) is 41.3 Å². The van der Waals surface area contributed by atoms with Gasteiger partial charge in [-0.3, -0.25) is 0 Å². The Morgan fingerprint density at radius 2 is 0.818 bits per heavy atom. The van der Waals surface area contributed by atoms with Crippen molar-refractivity contribution in [2.24, 2.45) is 0 Å². The minimum atomic E-state index is 0.245. The highest BCUT2D eigenvalue weighted by Gasteiger charge is 2.30. The molecule has 1 aliphatic rings. The average molecular weight is 451 g/mol. The first-order valence-corrected chi connectivity index (χ1v) is 9.85.